The second-order valence-corrected chi connectivity index (χ2v) is 14.5. The summed E-state index contributed by atoms with van der Waals surface area (Å²) in [5.74, 6) is 0.910. The molecular formula is C46H42N2O7S. The van der Waals surface area contributed by atoms with Crippen LogP contribution in [0.2, 0.25) is 0 Å². The van der Waals surface area contributed by atoms with Crippen molar-refractivity contribution in [3.8, 4) is 22.6 Å². The van der Waals surface area contributed by atoms with E-state index in [9.17, 15) is 19.8 Å². The van der Waals surface area contributed by atoms with Gasteiger partial charge >= 0.3 is 12.0 Å². The minimum Gasteiger partial charge on any atom is -0.478 e. The van der Waals surface area contributed by atoms with Crippen molar-refractivity contribution in [1.82, 2.24) is 5.32 Å². The molecule has 0 bridgehead atoms. The number of hydrogen-bond donors (Lipinski definition) is 4. The summed E-state index contributed by atoms with van der Waals surface area (Å²) in [6, 6.07) is 47.1. The largest absolute Gasteiger partial charge is 0.478 e. The van der Waals surface area contributed by atoms with E-state index in [2.05, 4.69) is 17.6 Å². The molecular weight excluding hydrogens is 725 g/mol. The van der Waals surface area contributed by atoms with Crippen molar-refractivity contribution in [2.45, 2.75) is 43.5 Å². The van der Waals surface area contributed by atoms with Crippen molar-refractivity contribution in [2.75, 3.05) is 11.1 Å². The molecule has 1 fully saturated rings. The second kappa shape index (κ2) is 18.1. The molecule has 10 heteroatoms. The molecule has 0 radical (unpaired) electrons. The van der Waals surface area contributed by atoms with Gasteiger partial charge < -0.3 is 35.1 Å². The van der Waals surface area contributed by atoms with E-state index in [-0.39, 0.29) is 36.3 Å². The Morgan fingerprint density at radius 2 is 1.39 bits per heavy atom. The third kappa shape index (κ3) is 9.47. The first-order valence-corrected chi connectivity index (χ1v) is 19.3. The van der Waals surface area contributed by atoms with Crippen molar-refractivity contribution < 1.29 is 34.0 Å². The number of thioether (sulfide) groups is 1. The molecule has 1 saturated heterocycles. The molecule has 4 atom stereocenters. The van der Waals surface area contributed by atoms with E-state index < -0.39 is 12.3 Å². The molecule has 0 saturated carbocycles. The van der Waals surface area contributed by atoms with Crippen LogP contribution < -0.4 is 15.4 Å². The highest BCUT2D eigenvalue weighted by atomic mass is 32.2. The number of aliphatic hydroxyl groups is 1. The zero-order valence-electron chi connectivity index (χ0n) is 30.7. The fourth-order valence-corrected chi connectivity index (χ4v) is 7.82. The Morgan fingerprint density at radius 1 is 0.732 bits per heavy atom. The Morgan fingerprint density at radius 3 is 2.12 bits per heavy atom. The minimum absolute atomic E-state index is 0.0471. The lowest BCUT2D eigenvalue weighted by Gasteiger charge is -2.41. The van der Waals surface area contributed by atoms with Crippen LogP contribution in [0.15, 0.2) is 157 Å². The number of hydrogen-bond acceptors (Lipinski definition) is 7. The molecule has 6 aromatic rings. The SMILES string of the molecule is CC1C(CSc2ccccc2C(=O)O)OC(c2ccc(-c3ccccc3CNC(=O)Nc3ccc(Oc4ccccc4)cc3)cc2)OC1c1ccc(CO)cc1. The number of anilines is 1. The zero-order chi connectivity index (χ0) is 38.9. The number of aliphatic hydroxyl groups excluding tert-OH is 1. The Balaban J connectivity index is 1.03. The van der Waals surface area contributed by atoms with Crippen LogP contribution >= 0.6 is 11.8 Å². The molecule has 56 heavy (non-hydrogen) atoms. The van der Waals surface area contributed by atoms with Crippen LogP contribution in [0.4, 0.5) is 10.5 Å². The number of para-hydroxylation sites is 1. The number of carboxylic acid groups (broad SMARTS) is 1. The Kier molecular flexibility index (Phi) is 12.4. The summed E-state index contributed by atoms with van der Waals surface area (Å²) in [5, 5.41) is 25.2. The summed E-state index contributed by atoms with van der Waals surface area (Å²) in [6.07, 6.45) is -1.25. The molecule has 9 nitrogen and oxygen atoms in total. The first-order valence-electron chi connectivity index (χ1n) is 18.4. The van der Waals surface area contributed by atoms with Gasteiger partial charge in [-0.15, -0.1) is 11.8 Å². The molecule has 1 aliphatic heterocycles. The number of ether oxygens (including phenoxy) is 3. The van der Waals surface area contributed by atoms with Crippen molar-refractivity contribution in [1.29, 1.82) is 0 Å². The highest BCUT2D eigenvalue weighted by Crippen LogP contribution is 2.43. The molecule has 0 aromatic heterocycles. The fraction of sp³-hybridized carbons (Fsp3) is 0.174. The molecule has 7 rings (SSSR count). The Bertz CT molecular complexity index is 2230. The first-order chi connectivity index (χ1) is 27.3. The van der Waals surface area contributed by atoms with Crippen LogP contribution in [-0.4, -0.2) is 34.1 Å². The molecule has 284 valence electrons. The number of nitrogens with one attached hydrogen (secondary N) is 2. The third-order valence-electron chi connectivity index (χ3n) is 9.69. The summed E-state index contributed by atoms with van der Waals surface area (Å²) in [6.45, 7) is 2.35. The van der Waals surface area contributed by atoms with Gasteiger partial charge in [-0.25, -0.2) is 9.59 Å². The van der Waals surface area contributed by atoms with Gasteiger partial charge in [0.05, 0.1) is 24.4 Å². The standard InChI is InChI=1S/C46H42N2O7S/c1-30-41(29-56-42-14-8-7-13-40(42)44(50)51)54-45(55-43(30)33-17-15-31(28-49)16-18-33)34-21-19-32(20-22-34)39-12-6-5-9-35(39)27-47-46(52)48-36-23-25-38(26-24-36)53-37-10-3-2-4-11-37/h2-26,30,41,43,45,49H,27-29H2,1H3,(H,50,51)(H2,47,48,52). The molecule has 6 aromatic carbocycles. The number of urea groups is 1. The number of benzene rings is 6. The van der Waals surface area contributed by atoms with Gasteiger partial charge in [0.1, 0.15) is 11.5 Å². The number of carbonyl (C=O) groups excluding carboxylic acids is 1. The van der Waals surface area contributed by atoms with Crippen LogP contribution in [0.5, 0.6) is 11.5 Å². The van der Waals surface area contributed by atoms with Gasteiger partial charge in [-0.2, -0.15) is 0 Å². The van der Waals surface area contributed by atoms with Gasteiger partial charge in [0.25, 0.3) is 0 Å². The van der Waals surface area contributed by atoms with Crippen LogP contribution in [0.25, 0.3) is 11.1 Å². The molecule has 0 aliphatic carbocycles. The number of aromatic carboxylic acids is 1. The van der Waals surface area contributed by atoms with Gasteiger partial charge in [0.2, 0.25) is 0 Å². The monoisotopic (exact) mass is 766 g/mol. The number of carbonyl (C=O) groups is 2. The van der Waals surface area contributed by atoms with Gasteiger partial charge in [-0.1, -0.05) is 110 Å². The van der Waals surface area contributed by atoms with E-state index in [1.807, 2.05) is 127 Å². The fourth-order valence-electron chi connectivity index (χ4n) is 6.61. The highest BCUT2D eigenvalue weighted by molar-refractivity contribution is 7.99. The number of amides is 2. The quantitative estimate of drug-likeness (QED) is 0.0856. The Hall–Kier alpha value is -5.91. The maximum absolute atomic E-state index is 12.9. The smallest absolute Gasteiger partial charge is 0.336 e. The predicted molar refractivity (Wildman–Crippen MR) is 218 cm³/mol. The number of carboxylic acids is 1. The molecule has 4 unspecified atom stereocenters. The van der Waals surface area contributed by atoms with E-state index in [0.29, 0.717) is 28.6 Å². The molecule has 4 N–H and O–H groups in total. The molecule has 1 aliphatic rings. The van der Waals surface area contributed by atoms with E-state index in [4.69, 9.17) is 14.2 Å². The van der Waals surface area contributed by atoms with Gasteiger partial charge in [0.15, 0.2) is 6.29 Å². The predicted octanol–water partition coefficient (Wildman–Crippen LogP) is 10.2. The summed E-state index contributed by atoms with van der Waals surface area (Å²) in [5.41, 5.74) is 6.43. The Labute approximate surface area is 330 Å². The second-order valence-electron chi connectivity index (χ2n) is 13.5. The van der Waals surface area contributed by atoms with Gasteiger partial charge in [-0.3, -0.25) is 0 Å². The summed E-state index contributed by atoms with van der Waals surface area (Å²) >= 11 is 1.46. The minimum atomic E-state index is -0.967. The lowest BCUT2D eigenvalue weighted by atomic mass is 9.91. The van der Waals surface area contributed by atoms with E-state index in [0.717, 1.165) is 39.1 Å². The maximum atomic E-state index is 12.9. The summed E-state index contributed by atoms with van der Waals surface area (Å²) < 4.78 is 19.1. The molecule has 2 amide bonds. The normalized spacial score (nSPS) is 17.8. The van der Waals surface area contributed by atoms with Crippen molar-refractivity contribution >= 4 is 29.4 Å². The summed E-state index contributed by atoms with van der Waals surface area (Å²) in [4.78, 5) is 25.5. The van der Waals surface area contributed by atoms with Gasteiger partial charge in [0, 0.05) is 34.4 Å². The van der Waals surface area contributed by atoms with E-state index >= 15 is 0 Å². The van der Waals surface area contributed by atoms with Crippen LogP contribution in [0.1, 0.15) is 51.9 Å². The summed E-state index contributed by atoms with van der Waals surface area (Å²) in [7, 11) is 0. The molecule has 0 spiro atoms. The van der Waals surface area contributed by atoms with Crippen LogP contribution in [0, 0.1) is 5.92 Å². The molecule has 1 heterocycles. The van der Waals surface area contributed by atoms with Crippen molar-refractivity contribution in [3.05, 3.63) is 179 Å². The van der Waals surface area contributed by atoms with Crippen LogP contribution in [0.3, 0.4) is 0 Å². The zero-order valence-corrected chi connectivity index (χ0v) is 31.5. The lowest BCUT2D eigenvalue weighted by molar-refractivity contribution is -0.268. The highest BCUT2D eigenvalue weighted by Gasteiger charge is 2.38. The lowest BCUT2D eigenvalue weighted by Crippen LogP contribution is -2.38. The van der Waals surface area contributed by atoms with Crippen molar-refractivity contribution in [3.63, 3.8) is 0 Å². The van der Waals surface area contributed by atoms with Crippen LogP contribution in [-0.2, 0) is 22.6 Å². The van der Waals surface area contributed by atoms with Crippen molar-refractivity contribution in [2.24, 2.45) is 5.92 Å². The third-order valence-corrected chi connectivity index (χ3v) is 10.8. The van der Waals surface area contributed by atoms with E-state index in [1.165, 1.54) is 11.8 Å². The first kappa shape index (κ1) is 38.4. The van der Waals surface area contributed by atoms with Gasteiger partial charge in [-0.05, 0) is 76.3 Å². The maximum Gasteiger partial charge on any atom is 0.336 e. The number of rotatable bonds is 13. The average molecular weight is 767 g/mol. The average Bonchev–Trinajstić information content (AvgIpc) is 3.24. The van der Waals surface area contributed by atoms with E-state index in [1.54, 1.807) is 24.3 Å². The topological polar surface area (TPSA) is 126 Å².